The van der Waals surface area contributed by atoms with E-state index in [0.717, 1.165) is 56.5 Å². The molecule has 6 nitrogen and oxygen atoms in total. The number of fused-ring (bicyclic) bond motifs is 1. The predicted molar refractivity (Wildman–Crippen MR) is 102 cm³/mol. The molecule has 4 rings (SSSR count). The molecule has 1 saturated heterocycles. The Bertz CT molecular complexity index is 850. The first-order chi connectivity index (χ1) is 12.8. The summed E-state index contributed by atoms with van der Waals surface area (Å²) >= 11 is 0. The van der Waals surface area contributed by atoms with E-state index in [1.54, 1.807) is 12.7 Å². The summed E-state index contributed by atoms with van der Waals surface area (Å²) in [5, 5.41) is 10.2. The van der Waals surface area contributed by atoms with Gasteiger partial charge in [0, 0.05) is 18.5 Å². The predicted octanol–water partition coefficient (Wildman–Crippen LogP) is 2.95. The van der Waals surface area contributed by atoms with Crippen LogP contribution in [0.25, 0.3) is 11.2 Å². The number of imidazole rings is 1. The molecule has 0 aliphatic carbocycles. The Morgan fingerprint density at radius 1 is 1.15 bits per heavy atom. The standard InChI is InChI=1S/C20H25N5O/c26-13-20(9-4-8-16-6-2-1-3-7-16)10-5-11-25(12-20)19-17-18(22-14-21-17)23-15-24-19/h1-3,6-7,14-15,26H,4-5,8-13H2,(H,21,22,23,24). The summed E-state index contributed by atoms with van der Waals surface area (Å²) in [6.45, 7) is 1.99. The third-order valence-electron chi connectivity index (χ3n) is 5.51. The number of hydrogen-bond donors (Lipinski definition) is 2. The van der Waals surface area contributed by atoms with Gasteiger partial charge >= 0.3 is 0 Å². The first-order valence-corrected chi connectivity index (χ1v) is 9.33. The Hall–Kier alpha value is -2.47. The molecule has 1 atom stereocenters. The number of nitrogens with one attached hydrogen (secondary N) is 1. The number of rotatable bonds is 6. The van der Waals surface area contributed by atoms with Crippen molar-refractivity contribution in [3.63, 3.8) is 0 Å². The van der Waals surface area contributed by atoms with Crippen molar-refractivity contribution in [3.05, 3.63) is 48.5 Å². The molecule has 1 aliphatic rings. The van der Waals surface area contributed by atoms with Crippen molar-refractivity contribution < 1.29 is 5.11 Å². The zero-order chi connectivity index (χ0) is 17.8. The van der Waals surface area contributed by atoms with Crippen LogP contribution in [0.15, 0.2) is 43.0 Å². The van der Waals surface area contributed by atoms with Gasteiger partial charge in [-0.15, -0.1) is 0 Å². The average molecular weight is 351 g/mol. The highest BCUT2D eigenvalue weighted by atomic mass is 16.3. The minimum atomic E-state index is -0.0652. The van der Waals surface area contributed by atoms with Crippen molar-refractivity contribution in [1.29, 1.82) is 0 Å². The van der Waals surface area contributed by atoms with Crippen LogP contribution in [0.2, 0.25) is 0 Å². The van der Waals surface area contributed by atoms with Crippen molar-refractivity contribution in [2.45, 2.75) is 32.1 Å². The number of aliphatic hydroxyl groups excluding tert-OH is 1. The summed E-state index contributed by atoms with van der Waals surface area (Å²) in [4.78, 5) is 18.4. The van der Waals surface area contributed by atoms with Gasteiger partial charge in [0.25, 0.3) is 0 Å². The first-order valence-electron chi connectivity index (χ1n) is 9.33. The lowest BCUT2D eigenvalue weighted by atomic mass is 9.76. The molecule has 0 bridgehead atoms. The molecule has 0 saturated carbocycles. The van der Waals surface area contributed by atoms with Gasteiger partial charge in [0.1, 0.15) is 11.8 Å². The number of nitrogens with zero attached hydrogens (tertiary/aromatic N) is 4. The highest BCUT2D eigenvalue weighted by Crippen LogP contribution is 2.37. The summed E-state index contributed by atoms with van der Waals surface area (Å²) < 4.78 is 0. The van der Waals surface area contributed by atoms with E-state index in [2.05, 4.69) is 55.2 Å². The van der Waals surface area contributed by atoms with Crippen LogP contribution >= 0.6 is 0 Å². The van der Waals surface area contributed by atoms with E-state index in [9.17, 15) is 5.11 Å². The molecule has 2 aromatic heterocycles. The van der Waals surface area contributed by atoms with Gasteiger partial charge in [0.15, 0.2) is 11.5 Å². The van der Waals surface area contributed by atoms with E-state index in [4.69, 9.17) is 0 Å². The van der Waals surface area contributed by atoms with E-state index < -0.39 is 0 Å². The molecular formula is C20H25N5O. The van der Waals surface area contributed by atoms with Crippen LogP contribution in [-0.2, 0) is 6.42 Å². The van der Waals surface area contributed by atoms with Crippen LogP contribution < -0.4 is 4.90 Å². The molecule has 2 N–H and O–H groups in total. The third kappa shape index (κ3) is 3.42. The summed E-state index contributed by atoms with van der Waals surface area (Å²) in [5.41, 5.74) is 2.87. The highest BCUT2D eigenvalue weighted by molar-refractivity contribution is 5.82. The van der Waals surface area contributed by atoms with E-state index in [1.165, 1.54) is 5.56 Å². The van der Waals surface area contributed by atoms with Crippen molar-refractivity contribution in [2.24, 2.45) is 5.41 Å². The van der Waals surface area contributed by atoms with Crippen LogP contribution in [-0.4, -0.2) is 44.7 Å². The zero-order valence-electron chi connectivity index (χ0n) is 14.9. The average Bonchev–Trinajstić information content (AvgIpc) is 3.18. The van der Waals surface area contributed by atoms with Crippen molar-refractivity contribution in [2.75, 3.05) is 24.6 Å². The van der Waals surface area contributed by atoms with Gasteiger partial charge in [-0.2, -0.15) is 0 Å². The van der Waals surface area contributed by atoms with Crippen LogP contribution in [0, 0.1) is 5.41 Å². The number of H-pyrrole nitrogens is 1. The molecule has 1 aromatic carbocycles. The molecule has 3 heterocycles. The maximum absolute atomic E-state index is 10.2. The van der Waals surface area contributed by atoms with Gasteiger partial charge in [0.05, 0.1) is 12.9 Å². The SMILES string of the molecule is OCC1(CCCc2ccccc2)CCCN(c2ncnc3nc[nH]c23)C1. The fourth-order valence-corrected chi connectivity index (χ4v) is 4.11. The maximum Gasteiger partial charge on any atom is 0.182 e. The number of aromatic nitrogens is 4. The zero-order valence-corrected chi connectivity index (χ0v) is 14.9. The van der Waals surface area contributed by atoms with Crippen LogP contribution in [0.4, 0.5) is 5.82 Å². The topological polar surface area (TPSA) is 77.9 Å². The second-order valence-corrected chi connectivity index (χ2v) is 7.32. The Labute approximate surface area is 153 Å². The second kappa shape index (κ2) is 7.41. The van der Waals surface area contributed by atoms with E-state index in [-0.39, 0.29) is 12.0 Å². The molecule has 0 spiro atoms. The Morgan fingerprint density at radius 2 is 2.04 bits per heavy atom. The van der Waals surface area contributed by atoms with Gasteiger partial charge in [-0.05, 0) is 37.7 Å². The molecule has 26 heavy (non-hydrogen) atoms. The normalized spacial score (nSPS) is 20.6. The van der Waals surface area contributed by atoms with Crippen molar-refractivity contribution >= 4 is 17.0 Å². The van der Waals surface area contributed by atoms with Crippen LogP contribution in [0.3, 0.4) is 0 Å². The minimum Gasteiger partial charge on any atom is -0.396 e. The van der Waals surface area contributed by atoms with Gasteiger partial charge in [-0.3, -0.25) is 0 Å². The molecule has 6 heteroatoms. The fourth-order valence-electron chi connectivity index (χ4n) is 4.11. The van der Waals surface area contributed by atoms with E-state index >= 15 is 0 Å². The molecule has 1 fully saturated rings. The number of aryl methyl sites for hydroxylation is 1. The summed E-state index contributed by atoms with van der Waals surface area (Å²) in [6.07, 6.45) is 8.52. The number of piperidine rings is 1. The molecule has 3 aromatic rings. The monoisotopic (exact) mass is 351 g/mol. The van der Waals surface area contributed by atoms with Gasteiger partial charge in [-0.1, -0.05) is 30.3 Å². The summed E-state index contributed by atoms with van der Waals surface area (Å²) in [6, 6.07) is 10.6. The minimum absolute atomic E-state index is 0.0652. The summed E-state index contributed by atoms with van der Waals surface area (Å²) in [7, 11) is 0. The number of aromatic amines is 1. The second-order valence-electron chi connectivity index (χ2n) is 7.32. The fraction of sp³-hybridized carbons (Fsp3) is 0.450. The summed E-state index contributed by atoms with van der Waals surface area (Å²) in [5.74, 6) is 0.896. The molecular weight excluding hydrogens is 326 g/mol. The molecule has 1 aliphatic heterocycles. The molecule has 0 radical (unpaired) electrons. The van der Waals surface area contributed by atoms with Gasteiger partial charge < -0.3 is 15.0 Å². The number of anilines is 1. The lowest BCUT2D eigenvalue weighted by molar-refractivity contribution is 0.0939. The van der Waals surface area contributed by atoms with E-state index in [0.29, 0.717) is 5.65 Å². The van der Waals surface area contributed by atoms with Crippen LogP contribution in [0.5, 0.6) is 0 Å². The van der Waals surface area contributed by atoms with Gasteiger partial charge in [0.2, 0.25) is 0 Å². The Kier molecular flexibility index (Phi) is 4.84. The lowest BCUT2D eigenvalue weighted by Crippen LogP contribution is -2.46. The maximum atomic E-state index is 10.2. The number of benzene rings is 1. The Morgan fingerprint density at radius 3 is 2.88 bits per heavy atom. The number of aliphatic hydroxyl groups is 1. The Balaban J connectivity index is 1.47. The molecule has 136 valence electrons. The molecule has 0 amide bonds. The highest BCUT2D eigenvalue weighted by Gasteiger charge is 2.35. The first kappa shape index (κ1) is 17.0. The van der Waals surface area contributed by atoms with E-state index in [1.807, 2.05) is 0 Å². The third-order valence-corrected chi connectivity index (χ3v) is 5.51. The quantitative estimate of drug-likeness (QED) is 0.714. The van der Waals surface area contributed by atoms with Crippen LogP contribution in [0.1, 0.15) is 31.2 Å². The largest absolute Gasteiger partial charge is 0.396 e. The van der Waals surface area contributed by atoms with Crippen molar-refractivity contribution in [1.82, 2.24) is 19.9 Å². The smallest absolute Gasteiger partial charge is 0.182 e. The lowest BCUT2D eigenvalue weighted by Gasteiger charge is -2.42. The molecule has 1 unspecified atom stereocenters. The van der Waals surface area contributed by atoms with Gasteiger partial charge in [-0.25, -0.2) is 15.0 Å². The van der Waals surface area contributed by atoms with Crippen molar-refractivity contribution in [3.8, 4) is 0 Å². The number of hydrogen-bond acceptors (Lipinski definition) is 5.